The molecule has 0 fully saturated rings. The number of imide groups is 2. The van der Waals surface area contributed by atoms with Crippen LogP contribution < -0.4 is 10.2 Å². The molecule has 2 aliphatic rings. The fraction of sp³-hybridized carbons (Fsp3) is 0.143. The van der Waals surface area contributed by atoms with Gasteiger partial charge in [-0.15, -0.1) is 0 Å². The standard InChI is InChI=1S/C35H28N4O4/c1-37(19-20-39-34(42)28-15-4-9-23-10-5-16-29(31(23)28)35(39)43)25-12-6-11-24(21-25)36-17-18-38-32(40)26-13-2-7-22-8-3-14-27(30(22)26)33(38)41/h2-16,21,36H,17-20H2,1H3. The Morgan fingerprint density at radius 2 is 1.02 bits per heavy atom. The van der Waals surface area contributed by atoms with Crippen molar-refractivity contribution in [2.45, 2.75) is 0 Å². The van der Waals surface area contributed by atoms with E-state index in [1.54, 1.807) is 24.3 Å². The average molecular weight is 569 g/mol. The van der Waals surface area contributed by atoms with Crippen LogP contribution in [0.3, 0.4) is 0 Å². The lowest BCUT2D eigenvalue weighted by Gasteiger charge is -2.29. The molecular formula is C35H28N4O4. The molecule has 0 aromatic heterocycles. The molecule has 5 aromatic carbocycles. The number of anilines is 2. The number of hydrogen-bond acceptors (Lipinski definition) is 6. The van der Waals surface area contributed by atoms with Crippen molar-refractivity contribution in [2.24, 2.45) is 0 Å². The number of carbonyl (C=O) groups is 4. The van der Waals surface area contributed by atoms with Gasteiger partial charge in [-0.25, -0.2) is 0 Å². The molecular weight excluding hydrogens is 540 g/mol. The Balaban J connectivity index is 1.000. The van der Waals surface area contributed by atoms with E-state index in [1.807, 2.05) is 84.7 Å². The second-order valence-corrected chi connectivity index (χ2v) is 10.8. The second-order valence-electron chi connectivity index (χ2n) is 10.8. The Morgan fingerprint density at radius 1 is 0.581 bits per heavy atom. The zero-order chi connectivity index (χ0) is 29.7. The van der Waals surface area contributed by atoms with Gasteiger partial charge in [0.2, 0.25) is 0 Å². The maximum Gasteiger partial charge on any atom is 0.261 e. The maximum absolute atomic E-state index is 13.3. The van der Waals surface area contributed by atoms with Crippen LogP contribution in [0, 0.1) is 0 Å². The quantitative estimate of drug-likeness (QED) is 0.251. The molecule has 7 rings (SSSR count). The van der Waals surface area contributed by atoms with E-state index in [1.165, 1.54) is 9.80 Å². The fourth-order valence-corrected chi connectivity index (χ4v) is 6.11. The van der Waals surface area contributed by atoms with E-state index >= 15 is 0 Å². The first-order valence-corrected chi connectivity index (χ1v) is 14.2. The first kappa shape index (κ1) is 26.4. The highest BCUT2D eigenvalue weighted by Crippen LogP contribution is 2.31. The fourth-order valence-electron chi connectivity index (χ4n) is 6.11. The third kappa shape index (κ3) is 4.39. The SMILES string of the molecule is CN(CCN1C(=O)c2cccc3cccc(c23)C1=O)c1cccc(NCCN2C(=O)c3cccc4cccc(c34)C2=O)c1. The van der Waals surface area contributed by atoms with Crippen LogP contribution in [-0.4, -0.2) is 66.7 Å². The largest absolute Gasteiger partial charge is 0.383 e. The number of nitrogens with zero attached hydrogens (tertiary/aromatic N) is 3. The van der Waals surface area contributed by atoms with Crippen LogP contribution in [0.15, 0.2) is 97.1 Å². The van der Waals surface area contributed by atoms with Crippen LogP contribution in [0.2, 0.25) is 0 Å². The summed E-state index contributed by atoms with van der Waals surface area (Å²) in [4.78, 5) is 57.5. The Bertz CT molecular complexity index is 1880. The summed E-state index contributed by atoms with van der Waals surface area (Å²) in [7, 11) is 1.91. The summed E-state index contributed by atoms with van der Waals surface area (Å²) in [5.74, 6) is -1.13. The van der Waals surface area contributed by atoms with Gasteiger partial charge >= 0.3 is 0 Å². The van der Waals surface area contributed by atoms with Crippen LogP contribution in [-0.2, 0) is 0 Å². The number of hydrogen-bond donors (Lipinski definition) is 1. The molecule has 0 saturated carbocycles. The van der Waals surface area contributed by atoms with Crippen LogP contribution >= 0.6 is 0 Å². The molecule has 0 bridgehead atoms. The lowest BCUT2D eigenvalue weighted by Crippen LogP contribution is -2.44. The molecule has 5 aromatic rings. The lowest BCUT2D eigenvalue weighted by atomic mass is 9.94. The molecule has 0 unspecified atom stereocenters. The van der Waals surface area contributed by atoms with Gasteiger partial charge in [-0.1, -0.05) is 54.6 Å². The van der Waals surface area contributed by atoms with Crippen molar-refractivity contribution in [1.82, 2.24) is 9.80 Å². The van der Waals surface area contributed by atoms with Crippen molar-refractivity contribution >= 4 is 56.5 Å². The molecule has 0 spiro atoms. The van der Waals surface area contributed by atoms with E-state index in [-0.39, 0.29) is 36.7 Å². The zero-order valence-electron chi connectivity index (χ0n) is 23.5. The molecule has 0 atom stereocenters. The molecule has 43 heavy (non-hydrogen) atoms. The summed E-state index contributed by atoms with van der Waals surface area (Å²) < 4.78 is 0. The summed E-state index contributed by atoms with van der Waals surface area (Å²) in [6.07, 6.45) is 0. The molecule has 2 aliphatic heterocycles. The monoisotopic (exact) mass is 568 g/mol. The van der Waals surface area contributed by atoms with Crippen molar-refractivity contribution in [3.05, 3.63) is 119 Å². The van der Waals surface area contributed by atoms with Gasteiger partial charge in [0, 0.05) is 77.6 Å². The summed E-state index contributed by atoms with van der Waals surface area (Å²) >= 11 is 0. The van der Waals surface area contributed by atoms with E-state index in [0.29, 0.717) is 40.7 Å². The molecule has 8 nitrogen and oxygen atoms in total. The van der Waals surface area contributed by atoms with Crippen LogP contribution in [0.4, 0.5) is 11.4 Å². The number of amides is 4. The van der Waals surface area contributed by atoms with E-state index in [9.17, 15) is 19.2 Å². The predicted octanol–water partition coefficient (Wildman–Crippen LogP) is 5.43. The number of likely N-dealkylation sites (N-methyl/N-ethyl adjacent to an activating group) is 1. The van der Waals surface area contributed by atoms with Crippen LogP contribution in [0.25, 0.3) is 21.5 Å². The van der Waals surface area contributed by atoms with Crippen molar-refractivity contribution in [2.75, 3.05) is 43.4 Å². The number of benzene rings is 5. The first-order valence-electron chi connectivity index (χ1n) is 14.2. The molecule has 212 valence electrons. The van der Waals surface area contributed by atoms with Crippen molar-refractivity contribution in [3.8, 4) is 0 Å². The van der Waals surface area contributed by atoms with Gasteiger partial charge in [0.05, 0.1) is 0 Å². The molecule has 8 heteroatoms. The van der Waals surface area contributed by atoms with Gasteiger partial charge in [-0.3, -0.25) is 29.0 Å². The Labute approximate surface area is 248 Å². The number of carbonyl (C=O) groups excluding carboxylic acids is 4. The normalized spacial score (nSPS) is 14.2. The minimum Gasteiger partial charge on any atom is -0.383 e. The van der Waals surface area contributed by atoms with Crippen LogP contribution in [0.1, 0.15) is 41.4 Å². The summed E-state index contributed by atoms with van der Waals surface area (Å²) in [6, 6.07) is 29.8. The van der Waals surface area contributed by atoms with E-state index in [2.05, 4.69) is 5.32 Å². The Kier molecular flexibility index (Phi) is 6.39. The topological polar surface area (TPSA) is 90.0 Å². The van der Waals surface area contributed by atoms with Gasteiger partial charge < -0.3 is 10.2 Å². The molecule has 0 saturated heterocycles. The summed E-state index contributed by atoms with van der Waals surface area (Å²) in [5.41, 5.74) is 3.91. The maximum atomic E-state index is 13.3. The summed E-state index contributed by atoms with van der Waals surface area (Å²) in [6.45, 7) is 1.28. The highest BCUT2D eigenvalue weighted by atomic mass is 16.2. The first-order chi connectivity index (χ1) is 20.9. The predicted molar refractivity (Wildman–Crippen MR) is 167 cm³/mol. The van der Waals surface area contributed by atoms with Crippen LogP contribution in [0.5, 0.6) is 0 Å². The summed E-state index contributed by atoms with van der Waals surface area (Å²) in [5, 5.41) is 6.53. The number of rotatable bonds is 8. The Hall–Kier alpha value is -5.50. The second kappa shape index (κ2) is 10.4. The molecule has 1 N–H and O–H groups in total. The minimum absolute atomic E-state index is 0.218. The van der Waals surface area contributed by atoms with Gasteiger partial charge in [0.25, 0.3) is 23.6 Å². The van der Waals surface area contributed by atoms with E-state index in [0.717, 1.165) is 27.5 Å². The smallest absolute Gasteiger partial charge is 0.261 e. The lowest BCUT2D eigenvalue weighted by molar-refractivity contribution is 0.0600. The average Bonchev–Trinajstić information content (AvgIpc) is 3.04. The minimum atomic E-state index is -0.287. The van der Waals surface area contributed by atoms with Gasteiger partial charge in [0.1, 0.15) is 0 Å². The highest BCUT2D eigenvalue weighted by molar-refractivity contribution is 6.26. The van der Waals surface area contributed by atoms with E-state index in [4.69, 9.17) is 0 Å². The van der Waals surface area contributed by atoms with Crippen molar-refractivity contribution < 1.29 is 19.2 Å². The molecule has 0 radical (unpaired) electrons. The number of nitrogens with one attached hydrogen (secondary N) is 1. The van der Waals surface area contributed by atoms with Crippen molar-refractivity contribution in [3.63, 3.8) is 0 Å². The molecule has 2 heterocycles. The van der Waals surface area contributed by atoms with Gasteiger partial charge in [-0.05, 0) is 53.2 Å². The zero-order valence-corrected chi connectivity index (χ0v) is 23.5. The van der Waals surface area contributed by atoms with Gasteiger partial charge in [0.15, 0.2) is 0 Å². The third-order valence-electron chi connectivity index (χ3n) is 8.32. The van der Waals surface area contributed by atoms with Gasteiger partial charge in [-0.2, -0.15) is 0 Å². The Morgan fingerprint density at radius 3 is 1.51 bits per heavy atom. The van der Waals surface area contributed by atoms with Crippen molar-refractivity contribution in [1.29, 1.82) is 0 Å². The third-order valence-corrected chi connectivity index (χ3v) is 8.32. The molecule has 4 amide bonds. The van der Waals surface area contributed by atoms with E-state index < -0.39 is 0 Å². The molecule has 0 aliphatic carbocycles. The highest BCUT2D eigenvalue weighted by Gasteiger charge is 2.33.